The third-order valence-electron chi connectivity index (χ3n) is 4.75. The predicted octanol–water partition coefficient (Wildman–Crippen LogP) is 5.33. The minimum Gasteiger partial charge on any atom is -0.463 e. The van der Waals surface area contributed by atoms with Crippen LogP contribution in [0.5, 0.6) is 0 Å². The first kappa shape index (κ1) is 19.9. The number of nitrogens with zero attached hydrogens (tertiary/aromatic N) is 2. The molecule has 150 valence electrons. The van der Waals surface area contributed by atoms with Crippen molar-refractivity contribution < 1.29 is 4.42 Å². The Balaban J connectivity index is 1.67. The zero-order valence-corrected chi connectivity index (χ0v) is 17.8. The fraction of sp³-hybridized carbons (Fsp3) is 0.167. The number of imidazole rings is 1. The first-order valence-electron chi connectivity index (χ1n) is 9.55. The van der Waals surface area contributed by atoms with E-state index in [4.69, 9.17) is 4.42 Å². The molecule has 0 saturated carbocycles. The van der Waals surface area contributed by atoms with Gasteiger partial charge in [0.2, 0.25) is 0 Å². The van der Waals surface area contributed by atoms with Gasteiger partial charge in [-0.1, -0.05) is 30.0 Å². The summed E-state index contributed by atoms with van der Waals surface area (Å²) in [4.78, 5) is 17.2. The van der Waals surface area contributed by atoms with E-state index in [1.54, 1.807) is 24.7 Å². The Bertz CT molecular complexity index is 1310. The maximum absolute atomic E-state index is 13.0. The number of hydrogen-bond donors (Lipinski definition) is 1. The van der Waals surface area contributed by atoms with Crippen LogP contribution in [0.4, 0.5) is 5.69 Å². The van der Waals surface area contributed by atoms with Crippen LogP contribution >= 0.6 is 11.9 Å². The second-order valence-electron chi connectivity index (χ2n) is 7.10. The molecule has 1 N–H and O–H groups in total. The number of aromatic nitrogens is 2. The van der Waals surface area contributed by atoms with E-state index in [2.05, 4.69) is 35.4 Å². The van der Waals surface area contributed by atoms with E-state index in [0.29, 0.717) is 16.5 Å². The van der Waals surface area contributed by atoms with Gasteiger partial charge in [0.25, 0.3) is 0 Å². The lowest BCUT2D eigenvalue weighted by atomic mass is 10.0. The molecule has 0 fully saturated rings. The number of fused-ring (bicyclic) bond motifs is 1. The molecule has 2 heterocycles. The van der Waals surface area contributed by atoms with Gasteiger partial charge in [0.05, 0.1) is 23.5 Å². The van der Waals surface area contributed by atoms with Gasteiger partial charge in [-0.25, -0.2) is 4.98 Å². The summed E-state index contributed by atoms with van der Waals surface area (Å²) in [6.45, 7) is 4.17. The fourth-order valence-electron chi connectivity index (χ4n) is 3.19. The summed E-state index contributed by atoms with van der Waals surface area (Å²) in [5.41, 5.74) is 4.44. The molecule has 0 spiro atoms. The lowest BCUT2D eigenvalue weighted by Gasteiger charge is -2.07. The Morgan fingerprint density at radius 1 is 1.13 bits per heavy atom. The Hall–Kier alpha value is -3.43. The van der Waals surface area contributed by atoms with Gasteiger partial charge in [0.15, 0.2) is 5.43 Å². The van der Waals surface area contributed by atoms with E-state index >= 15 is 0 Å². The minimum absolute atomic E-state index is 0.0563. The van der Waals surface area contributed by atoms with Crippen LogP contribution in [0.15, 0.2) is 70.5 Å². The van der Waals surface area contributed by atoms with E-state index in [1.807, 2.05) is 41.2 Å². The van der Waals surface area contributed by atoms with Crippen molar-refractivity contribution in [1.82, 2.24) is 9.55 Å². The third-order valence-corrected chi connectivity index (χ3v) is 5.19. The molecule has 2 aromatic carbocycles. The second kappa shape index (κ2) is 8.52. The number of anilines is 1. The van der Waals surface area contributed by atoms with Crippen molar-refractivity contribution in [3.8, 4) is 23.0 Å². The molecule has 0 bridgehead atoms. The van der Waals surface area contributed by atoms with Crippen LogP contribution in [0, 0.1) is 11.8 Å². The summed E-state index contributed by atoms with van der Waals surface area (Å²) >= 11 is 1.52. The Labute approximate surface area is 179 Å². The molecule has 0 atom stereocenters. The molecule has 6 heteroatoms. The predicted molar refractivity (Wildman–Crippen MR) is 124 cm³/mol. The molecular formula is C24H21N3O2S. The molecule has 5 nitrogen and oxygen atoms in total. The number of benzene rings is 2. The lowest BCUT2D eigenvalue weighted by Crippen LogP contribution is -2.04. The van der Waals surface area contributed by atoms with Crippen LogP contribution in [0.2, 0.25) is 0 Å². The van der Waals surface area contributed by atoms with Gasteiger partial charge in [0.1, 0.15) is 17.5 Å². The molecule has 2 aromatic heterocycles. The number of rotatable bonds is 4. The van der Waals surface area contributed by atoms with Crippen LogP contribution in [-0.2, 0) is 0 Å². The molecule has 0 radical (unpaired) electrons. The molecule has 0 aliphatic heterocycles. The highest BCUT2D eigenvalue weighted by molar-refractivity contribution is 7.99. The summed E-state index contributed by atoms with van der Waals surface area (Å²) in [5.74, 6) is 6.28. The van der Waals surface area contributed by atoms with Gasteiger partial charge in [-0.05, 0) is 55.7 Å². The first-order valence-corrected chi connectivity index (χ1v) is 10.8. The molecule has 0 amide bonds. The van der Waals surface area contributed by atoms with Gasteiger partial charge in [-0.2, -0.15) is 0 Å². The van der Waals surface area contributed by atoms with Gasteiger partial charge in [0, 0.05) is 23.5 Å². The summed E-state index contributed by atoms with van der Waals surface area (Å²) in [6.07, 6.45) is 7.01. The number of nitrogens with one attached hydrogen (secondary N) is 1. The maximum atomic E-state index is 13.0. The van der Waals surface area contributed by atoms with Gasteiger partial charge >= 0.3 is 0 Å². The smallest absolute Gasteiger partial charge is 0.200 e. The largest absolute Gasteiger partial charge is 0.463 e. The molecule has 0 aliphatic rings. The molecule has 0 saturated heterocycles. The van der Waals surface area contributed by atoms with E-state index < -0.39 is 0 Å². The second-order valence-corrected chi connectivity index (χ2v) is 7.72. The first-order chi connectivity index (χ1) is 14.6. The maximum Gasteiger partial charge on any atom is 0.200 e. The highest BCUT2D eigenvalue weighted by atomic mass is 32.2. The Morgan fingerprint density at radius 2 is 1.93 bits per heavy atom. The molecule has 4 rings (SSSR count). The zero-order chi connectivity index (χ0) is 21.1. The van der Waals surface area contributed by atoms with Crippen molar-refractivity contribution in [2.24, 2.45) is 0 Å². The van der Waals surface area contributed by atoms with E-state index in [-0.39, 0.29) is 11.5 Å². The van der Waals surface area contributed by atoms with Crippen molar-refractivity contribution in [3.63, 3.8) is 0 Å². The highest BCUT2D eigenvalue weighted by Crippen LogP contribution is 2.23. The van der Waals surface area contributed by atoms with Gasteiger partial charge in [-0.3, -0.25) is 4.79 Å². The highest BCUT2D eigenvalue weighted by Gasteiger charge is 2.10. The van der Waals surface area contributed by atoms with Crippen molar-refractivity contribution in [2.45, 2.75) is 19.9 Å². The fourth-order valence-corrected chi connectivity index (χ4v) is 3.56. The molecular weight excluding hydrogens is 394 g/mol. The lowest BCUT2D eigenvalue weighted by molar-refractivity contribution is 0.594. The molecule has 30 heavy (non-hydrogen) atoms. The van der Waals surface area contributed by atoms with Crippen molar-refractivity contribution in [2.75, 3.05) is 11.0 Å². The van der Waals surface area contributed by atoms with Crippen LogP contribution < -0.4 is 10.2 Å². The van der Waals surface area contributed by atoms with Crippen LogP contribution in [0.3, 0.4) is 0 Å². The number of hydrogen-bond acceptors (Lipinski definition) is 5. The van der Waals surface area contributed by atoms with Crippen molar-refractivity contribution in [3.05, 3.63) is 82.7 Å². The SMILES string of the molecule is CSNc1ccc(-c2coc3cc(C#Cc4cncn4C(C)C)ccc3c2=O)cc1. The quantitative estimate of drug-likeness (QED) is 0.361. The van der Waals surface area contributed by atoms with Crippen molar-refractivity contribution in [1.29, 1.82) is 0 Å². The average Bonchev–Trinajstić information content (AvgIpc) is 3.23. The summed E-state index contributed by atoms with van der Waals surface area (Å²) in [7, 11) is 0. The third kappa shape index (κ3) is 3.98. The van der Waals surface area contributed by atoms with Crippen LogP contribution in [0.1, 0.15) is 31.1 Å². The van der Waals surface area contributed by atoms with Gasteiger partial charge < -0.3 is 13.7 Å². The Morgan fingerprint density at radius 3 is 2.67 bits per heavy atom. The van der Waals surface area contributed by atoms with Crippen LogP contribution in [0.25, 0.3) is 22.1 Å². The average molecular weight is 416 g/mol. The summed E-state index contributed by atoms with van der Waals surface area (Å²) in [6, 6.07) is 13.4. The topological polar surface area (TPSA) is 60.1 Å². The van der Waals surface area contributed by atoms with Crippen molar-refractivity contribution >= 4 is 28.6 Å². The summed E-state index contributed by atoms with van der Waals surface area (Å²) in [5, 5.41) is 0.539. The van der Waals surface area contributed by atoms with Crippen LogP contribution in [-0.4, -0.2) is 15.8 Å². The zero-order valence-electron chi connectivity index (χ0n) is 17.0. The minimum atomic E-state index is -0.0563. The van der Waals surface area contributed by atoms with Gasteiger partial charge in [-0.15, -0.1) is 0 Å². The van der Waals surface area contributed by atoms with E-state index in [0.717, 1.165) is 22.5 Å². The van der Waals surface area contributed by atoms with E-state index in [1.165, 1.54) is 18.2 Å². The monoisotopic (exact) mass is 415 g/mol. The molecule has 0 aliphatic carbocycles. The normalized spacial score (nSPS) is 10.8. The molecule has 0 unspecified atom stereocenters. The summed E-state index contributed by atoms with van der Waals surface area (Å²) < 4.78 is 11.0. The standard InChI is InChI=1S/C24H21N3O2S/c1-16(2)27-15-25-13-20(27)10-4-17-5-11-21-23(12-17)29-14-22(24(21)28)18-6-8-19(9-7-18)26-30-3/h5-9,11-16,26H,1-3H3. The molecule has 4 aromatic rings. The Kier molecular flexibility index (Phi) is 5.64. The van der Waals surface area contributed by atoms with E-state index in [9.17, 15) is 4.79 Å².